The number of hydrogen-bond acceptors (Lipinski definition) is 9. The maximum absolute atomic E-state index is 14.5. The Labute approximate surface area is 234 Å². The van der Waals surface area contributed by atoms with Crippen LogP contribution in [0.3, 0.4) is 0 Å². The molecule has 0 aliphatic carbocycles. The summed E-state index contributed by atoms with van der Waals surface area (Å²) in [5, 5.41) is 4.97. The molecule has 40 heavy (non-hydrogen) atoms. The zero-order valence-electron chi connectivity index (χ0n) is 22.1. The van der Waals surface area contributed by atoms with Gasteiger partial charge < -0.3 is 20.7 Å². The van der Waals surface area contributed by atoms with Crippen molar-refractivity contribution in [2.24, 2.45) is 0 Å². The number of benzene rings is 2. The highest BCUT2D eigenvalue weighted by atomic mass is 32.1. The maximum Gasteiger partial charge on any atom is 0.319 e. The molecule has 4 saturated heterocycles. The highest BCUT2D eigenvalue weighted by Crippen LogP contribution is 2.41. The van der Waals surface area contributed by atoms with Gasteiger partial charge in [0.05, 0.1) is 21.3 Å². The Balaban J connectivity index is 1.21. The number of anilines is 2. The summed E-state index contributed by atoms with van der Waals surface area (Å²) in [6.45, 7) is 3.52. The van der Waals surface area contributed by atoms with Crippen LogP contribution in [0.5, 0.6) is 6.01 Å². The van der Waals surface area contributed by atoms with Crippen LogP contribution in [0.15, 0.2) is 30.3 Å². The van der Waals surface area contributed by atoms with Gasteiger partial charge >= 0.3 is 6.01 Å². The number of nitrogens with one attached hydrogen (secondary N) is 1. The smallest absolute Gasteiger partial charge is 0.319 e. The van der Waals surface area contributed by atoms with Crippen LogP contribution in [-0.4, -0.2) is 76.4 Å². The van der Waals surface area contributed by atoms with Gasteiger partial charge in [0.2, 0.25) is 0 Å². The van der Waals surface area contributed by atoms with Crippen molar-refractivity contribution in [2.75, 3.05) is 43.4 Å². The Hall–Kier alpha value is -3.15. The minimum atomic E-state index is -0.817. The van der Waals surface area contributed by atoms with Crippen LogP contribution < -0.4 is 20.7 Å². The van der Waals surface area contributed by atoms with Crippen LogP contribution >= 0.6 is 11.3 Å². The topological polar surface area (TPSA) is 92.4 Å². The average molecular weight is 564 g/mol. The molecule has 4 fully saturated rings. The largest absolute Gasteiger partial charge is 0.461 e. The van der Waals surface area contributed by atoms with E-state index in [2.05, 4.69) is 20.1 Å². The predicted molar refractivity (Wildman–Crippen MR) is 153 cm³/mol. The van der Waals surface area contributed by atoms with Crippen molar-refractivity contribution in [1.82, 2.24) is 25.2 Å². The highest BCUT2D eigenvalue weighted by Gasteiger charge is 2.49. The molecule has 0 amide bonds. The quantitative estimate of drug-likeness (QED) is 0.366. The van der Waals surface area contributed by atoms with Crippen LogP contribution in [0.1, 0.15) is 32.1 Å². The summed E-state index contributed by atoms with van der Waals surface area (Å²) in [7, 11) is 0. The molecule has 11 heteroatoms. The molecule has 2 aromatic heterocycles. The monoisotopic (exact) mass is 563 g/mol. The number of ether oxygens (including phenoxy) is 1. The van der Waals surface area contributed by atoms with E-state index < -0.39 is 6.17 Å². The Bertz CT molecular complexity index is 1620. The summed E-state index contributed by atoms with van der Waals surface area (Å²) in [6, 6.07) is 10.5. The molecule has 2 unspecified atom stereocenters. The normalized spacial score (nSPS) is 28.1. The van der Waals surface area contributed by atoms with E-state index in [-0.39, 0.29) is 11.4 Å². The molecular weight excluding hydrogens is 532 g/mol. The Kier molecular flexibility index (Phi) is 5.66. The lowest BCUT2D eigenvalue weighted by Crippen LogP contribution is -2.51. The minimum absolute atomic E-state index is 0.280. The van der Waals surface area contributed by atoms with Crippen molar-refractivity contribution in [1.29, 1.82) is 0 Å². The zero-order valence-corrected chi connectivity index (χ0v) is 22.9. The van der Waals surface area contributed by atoms with Gasteiger partial charge in [0.25, 0.3) is 0 Å². The summed E-state index contributed by atoms with van der Waals surface area (Å²) >= 11 is 1.15. The van der Waals surface area contributed by atoms with Crippen LogP contribution in [0.4, 0.5) is 19.7 Å². The third-order valence-electron chi connectivity index (χ3n) is 9.23. The summed E-state index contributed by atoms with van der Waals surface area (Å²) in [5.74, 6) is 0.535. The summed E-state index contributed by atoms with van der Waals surface area (Å²) in [5.41, 5.74) is 8.63. The maximum atomic E-state index is 14.5. The van der Waals surface area contributed by atoms with Crippen LogP contribution in [0.2, 0.25) is 0 Å². The molecule has 0 saturated carbocycles. The van der Waals surface area contributed by atoms with Gasteiger partial charge in [-0.2, -0.15) is 9.97 Å². The fourth-order valence-corrected chi connectivity index (χ4v) is 8.17. The van der Waals surface area contributed by atoms with Gasteiger partial charge in [0, 0.05) is 49.1 Å². The molecule has 6 heterocycles. The van der Waals surface area contributed by atoms with Crippen LogP contribution in [0, 0.1) is 5.82 Å². The van der Waals surface area contributed by atoms with Crippen molar-refractivity contribution in [3.8, 4) is 17.1 Å². The molecule has 8 rings (SSSR count). The van der Waals surface area contributed by atoms with E-state index in [1.807, 2.05) is 18.2 Å². The van der Waals surface area contributed by atoms with Gasteiger partial charge in [-0.1, -0.05) is 17.4 Å². The summed E-state index contributed by atoms with van der Waals surface area (Å²) in [6.07, 6.45) is 3.99. The van der Waals surface area contributed by atoms with Gasteiger partial charge in [-0.3, -0.25) is 4.90 Å². The number of piperazine rings is 1. The first-order valence-corrected chi connectivity index (χ1v) is 15.0. The number of hydrogen-bond donors (Lipinski definition) is 2. The number of fused-ring (bicyclic) bond motifs is 5. The van der Waals surface area contributed by atoms with E-state index >= 15 is 0 Å². The Morgan fingerprint density at radius 2 is 1.95 bits per heavy atom. The second-order valence-corrected chi connectivity index (χ2v) is 12.8. The second kappa shape index (κ2) is 9.19. The fraction of sp³-hybridized carbons (Fsp3) is 0.483. The molecule has 2 bridgehead atoms. The Morgan fingerprint density at radius 1 is 1.10 bits per heavy atom. The number of rotatable bonds is 5. The van der Waals surface area contributed by atoms with E-state index in [1.54, 1.807) is 6.07 Å². The number of aromatic nitrogens is 3. The first kappa shape index (κ1) is 24.6. The third-order valence-corrected chi connectivity index (χ3v) is 10.1. The second-order valence-electron chi connectivity index (χ2n) is 11.8. The molecule has 4 atom stereocenters. The van der Waals surface area contributed by atoms with Crippen molar-refractivity contribution in [2.45, 2.75) is 55.9 Å². The first-order chi connectivity index (χ1) is 19.4. The van der Waals surface area contributed by atoms with E-state index in [9.17, 15) is 8.78 Å². The lowest BCUT2D eigenvalue weighted by atomic mass is 9.95. The molecule has 208 valence electrons. The van der Waals surface area contributed by atoms with Gasteiger partial charge in [-0.15, -0.1) is 0 Å². The molecule has 4 aliphatic rings. The average Bonchev–Trinajstić information content (AvgIpc) is 3.69. The SMILES string of the molecule is Nc1nc2c(-c3ccc4c(N5CC6CCC(C5)N6)nc(OC[C@@]56CCCN5C[C@H](F)C6)nc4c3)ccc(F)c2s1. The lowest BCUT2D eigenvalue weighted by molar-refractivity contribution is 0.107. The minimum Gasteiger partial charge on any atom is -0.461 e. The van der Waals surface area contributed by atoms with E-state index in [0.29, 0.717) is 53.0 Å². The van der Waals surface area contributed by atoms with E-state index in [1.165, 1.54) is 6.07 Å². The van der Waals surface area contributed by atoms with Gasteiger partial charge in [0.15, 0.2) is 5.13 Å². The number of nitrogen functional groups attached to an aromatic ring is 1. The number of thiazole rings is 1. The molecule has 3 N–H and O–H groups in total. The number of alkyl halides is 1. The summed E-state index contributed by atoms with van der Waals surface area (Å²) < 4.78 is 35.7. The van der Waals surface area contributed by atoms with Gasteiger partial charge in [0.1, 0.15) is 24.4 Å². The number of halogens is 2. The predicted octanol–water partition coefficient (Wildman–Crippen LogP) is 4.52. The van der Waals surface area contributed by atoms with Crippen molar-refractivity contribution < 1.29 is 13.5 Å². The van der Waals surface area contributed by atoms with Crippen molar-refractivity contribution >= 4 is 43.4 Å². The zero-order chi connectivity index (χ0) is 27.0. The molecule has 4 aromatic rings. The summed E-state index contributed by atoms with van der Waals surface area (Å²) in [4.78, 5) is 18.8. The van der Waals surface area contributed by atoms with Crippen LogP contribution in [-0.2, 0) is 0 Å². The number of nitrogens with zero attached hydrogens (tertiary/aromatic N) is 5. The van der Waals surface area contributed by atoms with Gasteiger partial charge in [-0.25, -0.2) is 13.8 Å². The third kappa shape index (κ3) is 4.01. The van der Waals surface area contributed by atoms with Gasteiger partial charge in [-0.05, 0) is 62.1 Å². The lowest BCUT2D eigenvalue weighted by Gasteiger charge is -2.34. The number of nitrogens with two attached hydrogens (primary N) is 1. The first-order valence-electron chi connectivity index (χ1n) is 14.1. The van der Waals surface area contributed by atoms with Crippen molar-refractivity contribution in [3.05, 3.63) is 36.1 Å². The molecule has 0 radical (unpaired) electrons. The van der Waals surface area contributed by atoms with Crippen molar-refractivity contribution in [3.63, 3.8) is 0 Å². The molecule has 2 aromatic carbocycles. The van der Waals surface area contributed by atoms with E-state index in [0.717, 1.165) is 84.5 Å². The molecular formula is C29H31F2N7OS. The molecule has 8 nitrogen and oxygen atoms in total. The van der Waals surface area contributed by atoms with E-state index in [4.69, 9.17) is 20.4 Å². The standard InChI is InChI=1S/C29H31F2N7OS/c30-17-11-29(8-1-9-38(29)12-17)15-39-28-34-23-10-16(20-6-7-22(31)25-24(20)35-27(32)40-25)2-5-21(23)26(36-28)37-13-18-3-4-19(14-37)33-18/h2,5-7,10,17-19,33H,1,3-4,8-9,11-15H2,(H2,32,35)/t17-,18?,19?,29+/m1/s1. The molecule has 0 spiro atoms. The molecule has 4 aliphatic heterocycles. The Morgan fingerprint density at radius 3 is 2.80 bits per heavy atom. The fourth-order valence-electron chi connectivity index (χ4n) is 7.41. The van der Waals surface area contributed by atoms with Crippen LogP contribution in [0.25, 0.3) is 32.2 Å². The highest BCUT2D eigenvalue weighted by molar-refractivity contribution is 7.22.